The zero-order valence-corrected chi connectivity index (χ0v) is 11.4. The number of likely N-dealkylation sites (tertiary alicyclic amines) is 1. The van der Waals surface area contributed by atoms with E-state index in [0.717, 1.165) is 0 Å². The van der Waals surface area contributed by atoms with Gasteiger partial charge in [-0.3, -0.25) is 0 Å². The Labute approximate surface area is 96.0 Å². The molecule has 1 aliphatic rings. The fraction of sp³-hybridized carbons (Fsp3) is 1.00. The van der Waals surface area contributed by atoms with Gasteiger partial charge in [0.1, 0.15) is 0 Å². The molecule has 0 unspecified atom stereocenters. The summed E-state index contributed by atoms with van der Waals surface area (Å²) in [6.07, 6.45) is 3.30. The van der Waals surface area contributed by atoms with Crippen LogP contribution in [0.25, 0.3) is 0 Å². The first-order chi connectivity index (χ1) is 7.09. The van der Waals surface area contributed by atoms with Crippen molar-refractivity contribution in [2.24, 2.45) is 0 Å². The van der Waals surface area contributed by atoms with Crippen molar-refractivity contribution in [1.29, 1.82) is 0 Å². The van der Waals surface area contributed by atoms with E-state index in [0.29, 0.717) is 18.2 Å². The quantitative estimate of drug-likeness (QED) is 0.716. The van der Waals surface area contributed by atoms with Crippen molar-refractivity contribution in [2.45, 2.75) is 72.6 Å². The number of rotatable bonds is 3. The summed E-state index contributed by atoms with van der Waals surface area (Å²) in [4.78, 5) is 2.53. The largest absolute Gasteiger partial charge is 0.375 e. The van der Waals surface area contributed by atoms with Crippen LogP contribution in [0.4, 0.5) is 0 Å². The Bertz CT molecular complexity index is 137. The van der Waals surface area contributed by atoms with Gasteiger partial charge >= 0.3 is 0 Å². The number of hydrogen-bond donors (Lipinski definition) is 0. The van der Waals surface area contributed by atoms with Crippen LogP contribution in [0.5, 0.6) is 0 Å². The molecule has 2 heteroatoms. The van der Waals surface area contributed by atoms with Gasteiger partial charge in [-0.25, -0.2) is 0 Å². The number of nitrogens with zero attached hydrogens (tertiary/aromatic N) is 1. The summed E-state index contributed by atoms with van der Waals surface area (Å²) in [5.41, 5.74) is 0. The highest BCUT2D eigenvalue weighted by Crippen LogP contribution is 2.16. The van der Waals surface area contributed by atoms with Crippen LogP contribution in [0, 0.1) is 0 Å². The van der Waals surface area contributed by atoms with Gasteiger partial charge in [-0.2, -0.15) is 0 Å². The zero-order chi connectivity index (χ0) is 11.8. The maximum atomic E-state index is 5.79. The minimum atomic E-state index is 0.385. The van der Waals surface area contributed by atoms with Crippen LogP contribution < -0.4 is 0 Å². The number of ether oxygens (including phenoxy) is 1. The lowest BCUT2D eigenvalue weighted by Crippen LogP contribution is -2.41. The Morgan fingerprint density at radius 2 is 1.47 bits per heavy atom. The van der Waals surface area contributed by atoms with Gasteiger partial charge in [0.2, 0.25) is 0 Å². The van der Waals surface area contributed by atoms with Crippen molar-refractivity contribution in [3.63, 3.8) is 0 Å². The third kappa shape index (κ3) is 6.16. The van der Waals surface area contributed by atoms with E-state index in [9.17, 15) is 0 Å². The van der Waals surface area contributed by atoms with E-state index in [1.54, 1.807) is 0 Å². The monoisotopic (exact) mass is 215 g/mol. The normalized spacial score (nSPS) is 19.2. The van der Waals surface area contributed by atoms with Gasteiger partial charge in [-0.1, -0.05) is 13.8 Å². The van der Waals surface area contributed by atoms with Crippen LogP contribution in [0.3, 0.4) is 0 Å². The van der Waals surface area contributed by atoms with E-state index in [-0.39, 0.29) is 0 Å². The number of hydrogen-bond acceptors (Lipinski definition) is 2. The molecule has 0 aromatic carbocycles. The van der Waals surface area contributed by atoms with Gasteiger partial charge in [0, 0.05) is 19.1 Å². The van der Waals surface area contributed by atoms with E-state index < -0.39 is 0 Å². The Balaban J connectivity index is 0.000000921. The summed E-state index contributed by atoms with van der Waals surface area (Å²) in [5, 5.41) is 0. The maximum absolute atomic E-state index is 5.79. The molecule has 0 radical (unpaired) electrons. The first kappa shape index (κ1) is 14.9. The standard InChI is InChI=1S/C11H23NO.C2H6/c1-9(2)12-7-5-11(6-8-12)13-10(3)4;1-2/h9-11H,5-8H2,1-4H3;1-2H3. The highest BCUT2D eigenvalue weighted by molar-refractivity contribution is 4.74. The molecule has 0 spiro atoms. The van der Waals surface area contributed by atoms with Crippen molar-refractivity contribution in [3.05, 3.63) is 0 Å². The van der Waals surface area contributed by atoms with Crippen LogP contribution in [0.15, 0.2) is 0 Å². The molecule has 2 nitrogen and oxygen atoms in total. The first-order valence-corrected chi connectivity index (χ1v) is 6.49. The molecule has 0 bridgehead atoms. The van der Waals surface area contributed by atoms with Gasteiger partial charge in [0.15, 0.2) is 0 Å². The molecule has 0 aromatic heterocycles. The van der Waals surface area contributed by atoms with E-state index in [4.69, 9.17) is 4.74 Å². The highest BCUT2D eigenvalue weighted by Gasteiger charge is 2.21. The molecule has 0 amide bonds. The highest BCUT2D eigenvalue weighted by atomic mass is 16.5. The zero-order valence-electron chi connectivity index (χ0n) is 11.4. The SMILES string of the molecule is CC.CC(C)OC1CCN(C(C)C)CC1. The summed E-state index contributed by atoms with van der Waals surface area (Å²) < 4.78 is 5.79. The van der Waals surface area contributed by atoms with Crippen molar-refractivity contribution in [1.82, 2.24) is 4.90 Å². The molecule has 15 heavy (non-hydrogen) atoms. The molecule has 0 atom stereocenters. The van der Waals surface area contributed by atoms with Gasteiger partial charge in [0.25, 0.3) is 0 Å². The first-order valence-electron chi connectivity index (χ1n) is 6.49. The predicted molar refractivity (Wildman–Crippen MR) is 67.3 cm³/mol. The van der Waals surface area contributed by atoms with Crippen molar-refractivity contribution in [3.8, 4) is 0 Å². The van der Waals surface area contributed by atoms with Crippen LogP contribution in [-0.2, 0) is 4.74 Å². The lowest BCUT2D eigenvalue weighted by Gasteiger charge is -2.35. The van der Waals surface area contributed by atoms with Gasteiger partial charge in [0.05, 0.1) is 12.2 Å². The van der Waals surface area contributed by atoms with Crippen molar-refractivity contribution in [2.75, 3.05) is 13.1 Å². The second-order valence-electron chi connectivity index (χ2n) is 4.51. The Hall–Kier alpha value is -0.0800. The summed E-state index contributed by atoms with van der Waals surface area (Å²) >= 11 is 0. The van der Waals surface area contributed by atoms with Crippen molar-refractivity contribution < 1.29 is 4.74 Å². The van der Waals surface area contributed by atoms with Crippen LogP contribution >= 0.6 is 0 Å². The molecular weight excluding hydrogens is 186 g/mol. The molecular formula is C13H29NO. The van der Waals surface area contributed by atoms with E-state index >= 15 is 0 Å². The smallest absolute Gasteiger partial charge is 0.0603 e. The van der Waals surface area contributed by atoms with Gasteiger partial charge < -0.3 is 9.64 Å². The van der Waals surface area contributed by atoms with E-state index in [2.05, 4.69) is 32.6 Å². The molecule has 1 heterocycles. The average Bonchev–Trinajstić information content (AvgIpc) is 2.20. The number of piperidine rings is 1. The minimum absolute atomic E-state index is 0.385. The molecule has 0 saturated carbocycles. The fourth-order valence-electron chi connectivity index (χ4n) is 1.91. The molecule has 1 fully saturated rings. The molecule has 0 aliphatic carbocycles. The third-order valence-electron chi connectivity index (χ3n) is 2.67. The molecule has 1 aliphatic heterocycles. The van der Waals surface area contributed by atoms with Crippen molar-refractivity contribution >= 4 is 0 Å². The summed E-state index contributed by atoms with van der Waals surface area (Å²) in [7, 11) is 0. The molecule has 1 saturated heterocycles. The lowest BCUT2D eigenvalue weighted by atomic mass is 10.1. The van der Waals surface area contributed by atoms with Gasteiger partial charge in [-0.15, -0.1) is 0 Å². The van der Waals surface area contributed by atoms with Crippen LogP contribution in [0.1, 0.15) is 54.4 Å². The lowest BCUT2D eigenvalue weighted by molar-refractivity contribution is -0.0309. The Morgan fingerprint density at radius 3 is 1.80 bits per heavy atom. The topological polar surface area (TPSA) is 12.5 Å². The summed E-state index contributed by atoms with van der Waals surface area (Å²) in [5.74, 6) is 0. The summed E-state index contributed by atoms with van der Waals surface area (Å²) in [6, 6.07) is 0.694. The van der Waals surface area contributed by atoms with Gasteiger partial charge in [-0.05, 0) is 40.5 Å². The predicted octanol–water partition coefficient (Wildman–Crippen LogP) is 3.31. The minimum Gasteiger partial charge on any atom is -0.375 e. The Kier molecular flexibility index (Phi) is 8.07. The van der Waals surface area contributed by atoms with E-state index in [1.165, 1.54) is 25.9 Å². The summed E-state index contributed by atoms with van der Waals surface area (Å²) in [6.45, 7) is 15.2. The molecule has 92 valence electrons. The van der Waals surface area contributed by atoms with Crippen LogP contribution in [-0.4, -0.2) is 36.2 Å². The molecule has 0 N–H and O–H groups in total. The Morgan fingerprint density at radius 1 is 1.00 bits per heavy atom. The fourth-order valence-corrected chi connectivity index (χ4v) is 1.91. The maximum Gasteiger partial charge on any atom is 0.0603 e. The second kappa shape index (κ2) is 8.12. The van der Waals surface area contributed by atoms with E-state index in [1.807, 2.05) is 13.8 Å². The van der Waals surface area contributed by atoms with Crippen LogP contribution in [0.2, 0.25) is 0 Å². The molecule has 0 aromatic rings. The second-order valence-corrected chi connectivity index (χ2v) is 4.51. The average molecular weight is 215 g/mol. The third-order valence-corrected chi connectivity index (χ3v) is 2.67. The molecule has 1 rings (SSSR count).